The molecule has 480 valence electrons. The van der Waals surface area contributed by atoms with Crippen LogP contribution in [0.5, 0.6) is 0 Å². The molecule has 0 spiro atoms. The van der Waals surface area contributed by atoms with E-state index in [1.54, 1.807) is 0 Å². The summed E-state index contributed by atoms with van der Waals surface area (Å²) < 4.78 is 16.9. The predicted octanol–water partition coefficient (Wildman–Crippen LogP) is 25.6. The lowest BCUT2D eigenvalue weighted by Gasteiger charge is -2.18. The lowest BCUT2D eigenvalue weighted by atomic mass is 10.0. The molecule has 1 atom stereocenters. The van der Waals surface area contributed by atoms with Crippen LogP contribution >= 0.6 is 0 Å². The van der Waals surface area contributed by atoms with Gasteiger partial charge < -0.3 is 14.2 Å². The summed E-state index contributed by atoms with van der Waals surface area (Å²) in [6.07, 6.45) is 85.8. The smallest absolute Gasteiger partial charge is 0.306 e. The molecule has 0 saturated heterocycles. The fourth-order valence-electron chi connectivity index (χ4n) is 11.7. The van der Waals surface area contributed by atoms with Crippen LogP contribution in [0.15, 0.2) is 12.2 Å². The summed E-state index contributed by atoms with van der Waals surface area (Å²) in [4.78, 5) is 38.3. The molecule has 0 amide bonds. The highest BCUT2D eigenvalue weighted by atomic mass is 16.6. The number of carbonyl (C=O) groups is 3. The van der Waals surface area contributed by atoms with Gasteiger partial charge in [0.25, 0.3) is 0 Å². The SMILES string of the molecule is CCCCCCCCCC/C=C\CCCCCCCCCCCCCCCC(=O)OC(COC(=O)CCCCCCCCCC)COC(=O)CCCCCCCCCCCCCCCCCCCCCCCCCCCCCCCC. The van der Waals surface area contributed by atoms with E-state index in [4.69, 9.17) is 14.2 Å². The van der Waals surface area contributed by atoms with Gasteiger partial charge in [0, 0.05) is 19.3 Å². The Hall–Kier alpha value is -1.85. The fraction of sp³-hybridized carbons (Fsp3) is 0.933. The van der Waals surface area contributed by atoms with Crippen molar-refractivity contribution in [3.63, 3.8) is 0 Å². The summed E-state index contributed by atoms with van der Waals surface area (Å²) in [6, 6.07) is 0. The molecule has 0 heterocycles. The second-order valence-electron chi connectivity index (χ2n) is 25.6. The van der Waals surface area contributed by atoms with Crippen LogP contribution in [0, 0.1) is 0 Å². The molecular formula is C75H144O6. The number of ether oxygens (including phenoxy) is 3. The quantitative estimate of drug-likeness (QED) is 0.0261. The number of unbranched alkanes of at least 4 members (excludes halogenated alkanes) is 57. The van der Waals surface area contributed by atoms with Gasteiger partial charge >= 0.3 is 17.9 Å². The first kappa shape index (κ1) is 79.2. The first-order chi connectivity index (χ1) is 40.0. The van der Waals surface area contributed by atoms with Crippen molar-refractivity contribution < 1.29 is 28.6 Å². The average molecular weight is 1140 g/mol. The van der Waals surface area contributed by atoms with Crippen molar-refractivity contribution in [2.75, 3.05) is 13.2 Å². The van der Waals surface area contributed by atoms with Gasteiger partial charge in [-0.3, -0.25) is 14.4 Å². The van der Waals surface area contributed by atoms with E-state index in [0.717, 1.165) is 57.8 Å². The van der Waals surface area contributed by atoms with Crippen molar-refractivity contribution in [1.82, 2.24) is 0 Å². The molecule has 6 heteroatoms. The molecule has 0 rings (SSSR count). The third-order valence-electron chi connectivity index (χ3n) is 17.3. The standard InChI is InChI=1S/C75H144O6/c1-4-7-10-13-16-19-21-23-25-27-29-31-33-35-36-37-38-39-41-42-44-46-48-50-52-54-56-59-62-65-68-74(77)80-71-72(70-79-73(76)67-64-61-58-18-15-12-9-6-3)81-75(78)69-66-63-60-57-55-53-51-49-47-45-43-40-34-32-30-28-26-24-22-20-17-14-11-8-5-2/h28,30,72H,4-27,29,31-71H2,1-3H3/b30-28-. The monoisotopic (exact) mass is 1140 g/mol. The van der Waals surface area contributed by atoms with E-state index in [1.165, 1.54) is 334 Å². The Labute approximate surface area is 507 Å². The van der Waals surface area contributed by atoms with Gasteiger partial charge in [0.15, 0.2) is 6.10 Å². The van der Waals surface area contributed by atoms with Gasteiger partial charge in [0.2, 0.25) is 0 Å². The summed E-state index contributed by atoms with van der Waals surface area (Å²) in [6.45, 7) is 6.70. The second kappa shape index (κ2) is 70.6. The Bertz CT molecular complexity index is 1260. The van der Waals surface area contributed by atoms with Gasteiger partial charge in [-0.05, 0) is 44.9 Å². The number of rotatable bonds is 70. The highest BCUT2D eigenvalue weighted by Gasteiger charge is 2.20. The van der Waals surface area contributed by atoms with Crippen molar-refractivity contribution in [2.45, 2.75) is 438 Å². The Morgan fingerprint density at radius 3 is 0.617 bits per heavy atom. The third-order valence-corrected chi connectivity index (χ3v) is 17.3. The second-order valence-corrected chi connectivity index (χ2v) is 25.6. The first-order valence-corrected chi connectivity index (χ1v) is 37.2. The van der Waals surface area contributed by atoms with Crippen LogP contribution in [0.4, 0.5) is 0 Å². The van der Waals surface area contributed by atoms with Crippen LogP contribution in [0.25, 0.3) is 0 Å². The van der Waals surface area contributed by atoms with Crippen LogP contribution in [0.1, 0.15) is 432 Å². The van der Waals surface area contributed by atoms with Crippen LogP contribution in [0.2, 0.25) is 0 Å². The Morgan fingerprint density at radius 1 is 0.235 bits per heavy atom. The fourth-order valence-corrected chi connectivity index (χ4v) is 11.7. The number of esters is 3. The molecule has 0 aliphatic rings. The minimum atomic E-state index is -0.765. The number of hydrogen-bond acceptors (Lipinski definition) is 6. The zero-order chi connectivity index (χ0) is 58.5. The lowest BCUT2D eigenvalue weighted by Crippen LogP contribution is -2.30. The number of hydrogen-bond donors (Lipinski definition) is 0. The Kier molecular flexibility index (Phi) is 69.0. The maximum atomic E-state index is 12.9. The minimum Gasteiger partial charge on any atom is -0.462 e. The van der Waals surface area contributed by atoms with Gasteiger partial charge in [0.05, 0.1) is 0 Å². The predicted molar refractivity (Wildman–Crippen MR) is 353 cm³/mol. The van der Waals surface area contributed by atoms with Crippen LogP contribution in [-0.2, 0) is 28.6 Å². The van der Waals surface area contributed by atoms with E-state index in [2.05, 4.69) is 32.9 Å². The Morgan fingerprint density at radius 2 is 0.407 bits per heavy atom. The molecule has 0 bridgehead atoms. The van der Waals surface area contributed by atoms with Crippen LogP contribution in [-0.4, -0.2) is 37.2 Å². The molecule has 0 aliphatic heterocycles. The van der Waals surface area contributed by atoms with Gasteiger partial charge in [-0.25, -0.2) is 0 Å². The molecule has 0 radical (unpaired) electrons. The van der Waals surface area contributed by atoms with E-state index < -0.39 is 6.10 Å². The van der Waals surface area contributed by atoms with Crippen molar-refractivity contribution >= 4 is 17.9 Å². The lowest BCUT2D eigenvalue weighted by molar-refractivity contribution is -0.167. The maximum absolute atomic E-state index is 12.9. The molecule has 0 N–H and O–H groups in total. The molecule has 0 aliphatic carbocycles. The Balaban J connectivity index is 4.01. The van der Waals surface area contributed by atoms with E-state index in [0.29, 0.717) is 19.3 Å². The summed E-state index contributed by atoms with van der Waals surface area (Å²) in [5, 5.41) is 0. The van der Waals surface area contributed by atoms with E-state index in [-0.39, 0.29) is 31.1 Å². The summed E-state index contributed by atoms with van der Waals surface area (Å²) in [7, 11) is 0. The maximum Gasteiger partial charge on any atom is 0.306 e. The normalized spacial score (nSPS) is 12.0. The molecule has 6 nitrogen and oxygen atoms in total. The summed E-state index contributed by atoms with van der Waals surface area (Å²) >= 11 is 0. The molecule has 0 aromatic rings. The largest absolute Gasteiger partial charge is 0.462 e. The van der Waals surface area contributed by atoms with Crippen molar-refractivity contribution in [2.24, 2.45) is 0 Å². The van der Waals surface area contributed by atoms with Crippen molar-refractivity contribution in [1.29, 1.82) is 0 Å². The zero-order valence-electron chi connectivity index (χ0n) is 55.4. The molecule has 0 fully saturated rings. The third kappa shape index (κ3) is 68.8. The number of allylic oxidation sites excluding steroid dienone is 2. The number of carbonyl (C=O) groups excluding carboxylic acids is 3. The molecule has 0 saturated carbocycles. The van der Waals surface area contributed by atoms with Gasteiger partial charge in [-0.1, -0.05) is 380 Å². The van der Waals surface area contributed by atoms with Crippen molar-refractivity contribution in [3.8, 4) is 0 Å². The molecule has 0 aromatic heterocycles. The average Bonchev–Trinajstić information content (AvgIpc) is 3.47. The molecule has 81 heavy (non-hydrogen) atoms. The van der Waals surface area contributed by atoms with E-state index >= 15 is 0 Å². The first-order valence-electron chi connectivity index (χ1n) is 37.2. The highest BCUT2D eigenvalue weighted by molar-refractivity contribution is 5.71. The van der Waals surface area contributed by atoms with E-state index in [1.807, 2.05) is 0 Å². The van der Waals surface area contributed by atoms with Gasteiger partial charge in [-0.15, -0.1) is 0 Å². The van der Waals surface area contributed by atoms with Crippen LogP contribution < -0.4 is 0 Å². The van der Waals surface area contributed by atoms with Crippen LogP contribution in [0.3, 0.4) is 0 Å². The zero-order valence-corrected chi connectivity index (χ0v) is 55.4. The molecule has 1 unspecified atom stereocenters. The molecule has 0 aromatic carbocycles. The van der Waals surface area contributed by atoms with Gasteiger partial charge in [0.1, 0.15) is 13.2 Å². The highest BCUT2D eigenvalue weighted by Crippen LogP contribution is 2.19. The van der Waals surface area contributed by atoms with Gasteiger partial charge in [-0.2, -0.15) is 0 Å². The van der Waals surface area contributed by atoms with Crippen molar-refractivity contribution in [3.05, 3.63) is 12.2 Å². The topological polar surface area (TPSA) is 78.9 Å². The summed E-state index contributed by atoms with van der Waals surface area (Å²) in [5.41, 5.74) is 0. The molecular weight excluding hydrogens is 997 g/mol. The summed E-state index contributed by atoms with van der Waals surface area (Å²) in [5.74, 6) is -0.834. The van der Waals surface area contributed by atoms with E-state index in [9.17, 15) is 14.4 Å². The minimum absolute atomic E-state index is 0.0632.